The number of imidazole rings is 1. The summed E-state index contributed by atoms with van der Waals surface area (Å²) < 4.78 is 109. The van der Waals surface area contributed by atoms with Crippen molar-refractivity contribution < 1.29 is 27.4 Å². The van der Waals surface area contributed by atoms with Gasteiger partial charge in [-0.2, -0.15) is 4.98 Å². The van der Waals surface area contributed by atoms with Crippen LogP contribution in [0.25, 0.3) is 94.2 Å². The topological polar surface area (TPSA) is 49.0 Å². The highest BCUT2D eigenvalue weighted by Gasteiger charge is 2.40. The lowest BCUT2D eigenvalue weighted by Crippen LogP contribution is -2.33. The fraction of sp³-hybridized carbons (Fsp3) is 0.182. The molecule has 0 spiro atoms. The molecule has 0 fully saturated rings. The molecule has 6 heteroatoms. The Morgan fingerprint density at radius 2 is 1.31 bits per heavy atom. The fourth-order valence-corrected chi connectivity index (χ4v) is 11.0. The van der Waals surface area contributed by atoms with E-state index in [1.807, 2.05) is 65.2 Å². The molecule has 72 heavy (non-hydrogen) atoms. The number of hydrogen-bond acceptors (Lipinski definition) is 3. The molecule has 4 heterocycles. The van der Waals surface area contributed by atoms with Crippen LogP contribution >= 0.6 is 0 Å². The summed E-state index contributed by atoms with van der Waals surface area (Å²) in [5.74, 6) is 0.776. The Balaban J connectivity index is 1.10. The first-order valence-corrected chi connectivity index (χ1v) is 24.4. The summed E-state index contributed by atoms with van der Waals surface area (Å²) in [5, 5.41) is 3.65. The Kier molecular flexibility index (Phi) is 7.67. The van der Waals surface area contributed by atoms with Crippen LogP contribution in [-0.2, 0) is 16.2 Å². The molecule has 0 saturated carbocycles. The SMILES string of the molecule is [2H]c1c([2H])c([2H])c(-c2cccc(-c3c([2H])c([2H])c([2H])c([2H])c3[2H])c2-[n+]2[c-]n(-c3cc(Oc4ccc5c6ccccc6n(-c6cccc(C(C)(C)C)c6)c5n4)cc4c3oc3c5c(ccc34)C(C)(C)CCC5(C)C)c3ccccc32)c([2H])c1[2H]. The minimum atomic E-state index is -0.577. The number of fused-ring (bicyclic) bond motifs is 9. The van der Waals surface area contributed by atoms with Crippen LogP contribution in [0.3, 0.4) is 0 Å². The highest BCUT2D eigenvalue weighted by molar-refractivity contribution is 6.10. The Morgan fingerprint density at radius 3 is 2.04 bits per heavy atom. The van der Waals surface area contributed by atoms with Crippen LogP contribution in [0, 0.1) is 6.33 Å². The van der Waals surface area contributed by atoms with Crippen molar-refractivity contribution >= 4 is 54.9 Å². The molecule has 0 atom stereocenters. The van der Waals surface area contributed by atoms with E-state index in [0.29, 0.717) is 33.9 Å². The van der Waals surface area contributed by atoms with Crippen molar-refractivity contribution in [2.45, 2.75) is 77.6 Å². The maximum absolute atomic E-state index is 9.24. The van der Waals surface area contributed by atoms with Crippen molar-refractivity contribution in [1.29, 1.82) is 0 Å². The number of ether oxygens (including phenoxy) is 1. The zero-order valence-electron chi connectivity index (χ0n) is 51.1. The van der Waals surface area contributed by atoms with E-state index in [1.165, 1.54) is 11.1 Å². The van der Waals surface area contributed by atoms with Crippen LogP contribution in [-0.4, -0.2) is 14.1 Å². The Bertz CT molecular complexity index is 4590. The van der Waals surface area contributed by atoms with Gasteiger partial charge in [0.05, 0.1) is 35.9 Å². The van der Waals surface area contributed by atoms with Crippen LogP contribution in [0.15, 0.2) is 192 Å². The van der Waals surface area contributed by atoms with Crippen molar-refractivity contribution in [2.75, 3.05) is 0 Å². The number of aromatic nitrogens is 4. The van der Waals surface area contributed by atoms with Crippen molar-refractivity contribution in [3.05, 3.63) is 211 Å². The molecule has 0 radical (unpaired) electrons. The molecule has 4 aromatic heterocycles. The molecule has 352 valence electrons. The predicted octanol–water partition coefficient (Wildman–Crippen LogP) is 16.9. The number of nitrogens with zero attached hydrogens (tertiary/aromatic N) is 4. The second-order valence-corrected chi connectivity index (χ2v) is 21.3. The van der Waals surface area contributed by atoms with E-state index in [4.69, 9.17) is 22.4 Å². The second-order valence-electron chi connectivity index (χ2n) is 21.3. The lowest BCUT2D eigenvalue weighted by atomic mass is 9.63. The van der Waals surface area contributed by atoms with Crippen LogP contribution in [0.1, 0.15) is 91.7 Å². The normalized spacial score (nSPS) is 16.4. The third kappa shape index (κ3) is 6.98. The van der Waals surface area contributed by atoms with E-state index in [0.717, 1.165) is 62.4 Å². The lowest BCUT2D eigenvalue weighted by molar-refractivity contribution is -0.571. The average molecular weight is 947 g/mol. The zero-order chi connectivity index (χ0) is 57.8. The molecular formula is C66H56N4O2. The summed E-state index contributed by atoms with van der Waals surface area (Å²) in [6.45, 7) is 15.7. The van der Waals surface area contributed by atoms with Crippen LogP contribution in [0.2, 0.25) is 0 Å². The first-order chi connectivity index (χ1) is 39.0. The summed E-state index contributed by atoms with van der Waals surface area (Å²) in [4.78, 5) is 5.30. The van der Waals surface area contributed by atoms with Crippen LogP contribution in [0.5, 0.6) is 11.6 Å². The van der Waals surface area contributed by atoms with Gasteiger partial charge in [0, 0.05) is 38.9 Å². The third-order valence-corrected chi connectivity index (χ3v) is 14.8. The van der Waals surface area contributed by atoms with Crippen LogP contribution in [0.4, 0.5) is 0 Å². The van der Waals surface area contributed by atoms with Gasteiger partial charge in [-0.3, -0.25) is 13.7 Å². The number of pyridine rings is 1. The van der Waals surface area contributed by atoms with Gasteiger partial charge in [0.25, 0.3) is 6.33 Å². The Morgan fingerprint density at radius 1 is 0.639 bits per heavy atom. The minimum absolute atomic E-state index is 0.0998. The first-order valence-electron chi connectivity index (χ1n) is 29.4. The molecule has 8 aromatic carbocycles. The van der Waals surface area contributed by atoms with E-state index in [9.17, 15) is 5.48 Å². The molecule has 1 aliphatic carbocycles. The van der Waals surface area contributed by atoms with Gasteiger partial charge in [-0.1, -0.05) is 194 Å². The van der Waals surface area contributed by atoms with E-state index in [-0.39, 0.29) is 44.2 Å². The predicted molar refractivity (Wildman–Crippen MR) is 294 cm³/mol. The van der Waals surface area contributed by atoms with Gasteiger partial charge in [-0.25, -0.2) is 0 Å². The minimum Gasteiger partial charge on any atom is -0.459 e. The molecule has 0 N–H and O–H groups in total. The Hall–Kier alpha value is -8.22. The van der Waals surface area contributed by atoms with Crippen molar-refractivity contribution in [1.82, 2.24) is 14.1 Å². The molecule has 12 aromatic rings. The van der Waals surface area contributed by atoms with Gasteiger partial charge in [0.2, 0.25) is 5.88 Å². The highest BCUT2D eigenvalue weighted by Crippen LogP contribution is 2.51. The van der Waals surface area contributed by atoms with Gasteiger partial charge in [-0.15, -0.1) is 0 Å². The molecule has 0 amide bonds. The molecule has 0 unspecified atom stereocenters. The zero-order valence-corrected chi connectivity index (χ0v) is 41.1. The third-order valence-electron chi connectivity index (χ3n) is 14.8. The summed E-state index contributed by atoms with van der Waals surface area (Å²) in [5.41, 5.74) is 8.77. The maximum Gasteiger partial charge on any atom is 0.270 e. The number of rotatable bonds is 7. The van der Waals surface area contributed by atoms with Crippen molar-refractivity contribution in [3.8, 4) is 50.9 Å². The van der Waals surface area contributed by atoms with Gasteiger partial charge >= 0.3 is 0 Å². The van der Waals surface area contributed by atoms with Gasteiger partial charge in [0.15, 0.2) is 0 Å². The summed E-state index contributed by atoms with van der Waals surface area (Å²) in [6.07, 6.45) is 5.53. The number of benzene rings is 8. The fourth-order valence-electron chi connectivity index (χ4n) is 11.0. The monoisotopic (exact) mass is 947 g/mol. The standard InChI is InChI=1S/C66H56N4O2/c1-64(2,3)44-24-18-25-45(38-44)70-54-29-15-14-26-49(54)51-33-35-58(67-63(51)70)71-46-39-52-50-32-34-53-59(66(6,7)37-36-65(53,4)5)62(50)72-61(52)57(40-46)68-41-69(56-31-17-16-30-55(56)68)60-47(42-20-10-8-11-21-42)27-19-28-48(60)43-22-12-9-13-23-43/h8-35,38-40H,36-37H2,1-7H3/i8D,9D,10D,11D,12D,13D,20D,21D,22D,23D. The number of para-hydroxylation sites is 4. The second kappa shape index (κ2) is 16.2. The number of furan rings is 1. The first kappa shape index (κ1) is 34.2. The summed E-state index contributed by atoms with van der Waals surface area (Å²) in [7, 11) is 0. The van der Waals surface area contributed by atoms with E-state index >= 15 is 0 Å². The smallest absolute Gasteiger partial charge is 0.270 e. The molecular weight excluding hydrogens is 881 g/mol. The molecule has 6 nitrogen and oxygen atoms in total. The summed E-state index contributed by atoms with van der Waals surface area (Å²) >= 11 is 0. The van der Waals surface area contributed by atoms with Crippen molar-refractivity contribution in [3.63, 3.8) is 0 Å². The van der Waals surface area contributed by atoms with E-state index < -0.39 is 60.4 Å². The van der Waals surface area contributed by atoms with E-state index in [1.54, 1.807) is 22.8 Å². The maximum atomic E-state index is 9.24. The molecule has 13 rings (SSSR count). The largest absolute Gasteiger partial charge is 0.459 e. The average Bonchev–Trinajstić information content (AvgIpc) is 2.38. The Labute approximate surface area is 434 Å². The quantitative estimate of drug-likeness (QED) is 0.118. The molecule has 0 saturated heterocycles. The van der Waals surface area contributed by atoms with Gasteiger partial charge < -0.3 is 9.15 Å². The summed E-state index contributed by atoms with van der Waals surface area (Å²) in [6, 6.07) is 35.9. The lowest BCUT2D eigenvalue weighted by Gasteiger charge is -2.41. The van der Waals surface area contributed by atoms with Gasteiger partial charge in [0.1, 0.15) is 28.3 Å². The van der Waals surface area contributed by atoms with Gasteiger partial charge in [-0.05, 0) is 98.9 Å². The molecule has 1 aliphatic rings. The van der Waals surface area contributed by atoms with Crippen molar-refractivity contribution in [2.24, 2.45) is 0 Å². The highest BCUT2D eigenvalue weighted by atomic mass is 16.5. The number of hydrogen-bond donors (Lipinski definition) is 0. The molecule has 0 aliphatic heterocycles. The van der Waals surface area contributed by atoms with E-state index in [2.05, 4.69) is 108 Å². The molecule has 0 bridgehead atoms. The van der Waals surface area contributed by atoms with Crippen LogP contribution < -0.4 is 9.30 Å².